The average molecular weight is 810 g/mol. The first-order valence-electron chi connectivity index (χ1n) is 18.4. The van der Waals surface area contributed by atoms with E-state index >= 15 is 0 Å². The van der Waals surface area contributed by atoms with Crippen LogP contribution in [-0.4, -0.2) is 66.1 Å². The number of aliphatic hydroxyl groups is 2. The minimum Gasteiger partial charge on any atom is -0.391 e. The van der Waals surface area contributed by atoms with E-state index in [4.69, 9.17) is 10.5 Å². The molecule has 57 heavy (non-hydrogen) atoms. The highest BCUT2D eigenvalue weighted by Gasteiger charge is 2.41. The number of sulfonamides is 2. The minimum atomic E-state index is -3.44. The summed E-state index contributed by atoms with van der Waals surface area (Å²) in [5, 5.41) is 46.1. The van der Waals surface area contributed by atoms with Crippen molar-refractivity contribution in [3.8, 4) is 12.1 Å². The van der Waals surface area contributed by atoms with Gasteiger partial charge in [-0.3, -0.25) is 14.1 Å². The molecule has 0 bridgehead atoms. The maximum atomic E-state index is 11.8. The Hall–Kier alpha value is -5.71. The maximum absolute atomic E-state index is 11.8. The molecule has 2 heterocycles. The number of nitriles is 2. The number of anilines is 2. The molecular formula is C42H47N7O6S2. The van der Waals surface area contributed by atoms with Crippen molar-refractivity contribution in [2.75, 3.05) is 22.0 Å². The average Bonchev–Trinajstić information content (AvgIpc) is 3.82. The molecule has 4 unspecified atom stereocenters. The lowest BCUT2D eigenvalue weighted by Crippen LogP contribution is -2.45. The lowest BCUT2D eigenvalue weighted by Gasteiger charge is -2.40. The number of nitrogens with zero attached hydrogens (tertiary/aromatic N) is 5. The first-order chi connectivity index (χ1) is 27.0. The van der Waals surface area contributed by atoms with Gasteiger partial charge in [0.1, 0.15) is 5.54 Å². The van der Waals surface area contributed by atoms with Crippen LogP contribution in [0.3, 0.4) is 0 Å². The molecule has 0 aliphatic heterocycles. The quantitative estimate of drug-likeness (QED) is 0.0989. The number of rotatable bonds is 13. The summed E-state index contributed by atoms with van der Waals surface area (Å²) >= 11 is 0. The van der Waals surface area contributed by atoms with E-state index < -0.39 is 43.3 Å². The summed E-state index contributed by atoms with van der Waals surface area (Å²) in [6.07, 6.45) is 5.92. The van der Waals surface area contributed by atoms with E-state index in [2.05, 4.69) is 26.7 Å². The van der Waals surface area contributed by atoms with Crippen molar-refractivity contribution in [3.63, 3.8) is 0 Å². The number of aliphatic hydroxyl groups excluding tert-OH is 2. The second-order valence-corrected chi connectivity index (χ2v) is 17.5. The van der Waals surface area contributed by atoms with Gasteiger partial charge in [0.2, 0.25) is 20.0 Å². The summed E-state index contributed by atoms with van der Waals surface area (Å²) in [7, 11) is -6.86. The van der Waals surface area contributed by atoms with Crippen LogP contribution in [0.15, 0.2) is 103 Å². The van der Waals surface area contributed by atoms with Crippen LogP contribution in [0.2, 0.25) is 0 Å². The Balaban J connectivity index is 0.000000218. The molecule has 0 aliphatic rings. The van der Waals surface area contributed by atoms with E-state index in [1.165, 1.54) is 0 Å². The number of hydrogen-bond donors (Lipinski definition) is 4. The Bertz CT molecular complexity index is 2680. The van der Waals surface area contributed by atoms with Crippen LogP contribution in [0.4, 0.5) is 11.4 Å². The molecule has 4 aromatic carbocycles. The highest BCUT2D eigenvalue weighted by atomic mass is 32.2. The number of aromatic nitrogens is 3. The van der Waals surface area contributed by atoms with E-state index in [0.29, 0.717) is 52.7 Å². The van der Waals surface area contributed by atoms with E-state index in [0.717, 1.165) is 34.5 Å². The Kier molecular flexibility index (Phi) is 12.5. The van der Waals surface area contributed by atoms with Gasteiger partial charge in [-0.15, -0.1) is 0 Å². The van der Waals surface area contributed by atoms with E-state index in [9.17, 15) is 27.0 Å². The van der Waals surface area contributed by atoms with Crippen LogP contribution in [-0.2, 0) is 31.1 Å². The molecule has 2 aromatic heterocycles. The third-order valence-electron chi connectivity index (χ3n) is 10.5. The summed E-state index contributed by atoms with van der Waals surface area (Å²) in [5.74, 6) is 0. The third kappa shape index (κ3) is 8.38. The van der Waals surface area contributed by atoms with Crippen molar-refractivity contribution in [2.45, 2.75) is 70.2 Å². The zero-order valence-electron chi connectivity index (χ0n) is 32.7. The molecule has 4 N–H and O–H groups in total. The second kappa shape index (κ2) is 16.8. The van der Waals surface area contributed by atoms with Crippen LogP contribution in [0, 0.1) is 22.7 Å². The predicted octanol–water partition coefficient (Wildman–Crippen LogP) is 6.62. The van der Waals surface area contributed by atoms with Gasteiger partial charge in [-0.1, -0.05) is 57.2 Å². The molecule has 0 spiro atoms. The zero-order valence-corrected chi connectivity index (χ0v) is 34.3. The smallest absolute Gasteiger partial charge is 0.229 e. The summed E-state index contributed by atoms with van der Waals surface area (Å²) in [6, 6.07) is 31.1. The van der Waals surface area contributed by atoms with Gasteiger partial charge >= 0.3 is 0 Å². The SMILES string of the molecule is CCC(O)C(CC)(c1ccc(C#N)cc1)n1ccc2c(NS(C)(=O)=O)cccc21.CCC(c1ccc(C#N)cc1)(C(C)O)n1ncc2c(NS(C)(=O)=O)cccc21. The van der Waals surface area contributed by atoms with Crippen molar-refractivity contribution in [2.24, 2.45) is 0 Å². The number of fused-ring (bicyclic) bond motifs is 2. The summed E-state index contributed by atoms with van der Waals surface area (Å²) < 4.78 is 55.7. The molecule has 298 valence electrons. The molecule has 0 saturated heterocycles. The zero-order chi connectivity index (χ0) is 41.8. The highest BCUT2D eigenvalue weighted by Crippen LogP contribution is 2.40. The number of benzene rings is 4. The van der Waals surface area contributed by atoms with Crippen molar-refractivity contribution >= 4 is 53.2 Å². The van der Waals surface area contributed by atoms with Gasteiger partial charge in [-0.05, 0) is 91.9 Å². The van der Waals surface area contributed by atoms with Gasteiger partial charge in [0, 0.05) is 17.0 Å². The molecule has 4 atom stereocenters. The molecule has 6 aromatic rings. The second-order valence-electron chi connectivity index (χ2n) is 14.0. The van der Waals surface area contributed by atoms with Gasteiger partial charge in [-0.2, -0.15) is 15.6 Å². The molecule has 0 aliphatic carbocycles. The first kappa shape index (κ1) is 42.4. The van der Waals surface area contributed by atoms with Crippen LogP contribution in [0.1, 0.15) is 69.2 Å². The highest BCUT2D eigenvalue weighted by molar-refractivity contribution is 7.92. The third-order valence-corrected chi connectivity index (χ3v) is 11.7. The maximum Gasteiger partial charge on any atom is 0.229 e. The van der Waals surface area contributed by atoms with Gasteiger partial charge < -0.3 is 14.8 Å². The normalized spacial score (nSPS) is 14.9. The summed E-state index contributed by atoms with van der Waals surface area (Å²) in [5.41, 5.74) is 3.61. The number of nitrogens with one attached hydrogen (secondary N) is 2. The first-order valence-corrected chi connectivity index (χ1v) is 22.2. The lowest BCUT2D eigenvalue weighted by atomic mass is 9.80. The topological polar surface area (TPSA) is 203 Å². The Morgan fingerprint density at radius 1 is 0.702 bits per heavy atom. The summed E-state index contributed by atoms with van der Waals surface area (Å²) in [6.45, 7) is 7.60. The molecule has 15 heteroatoms. The van der Waals surface area contributed by atoms with Crippen LogP contribution in [0.25, 0.3) is 21.8 Å². The van der Waals surface area contributed by atoms with Crippen molar-refractivity contribution in [1.29, 1.82) is 10.5 Å². The minimum absolute atomic E-state index is 0.432. The molecule has 0 amide bonds. The van der Waals surface area contributed by atoms with E-state index in [1.807, 2.05) is 74.0 Å². The fourth-order valence-corrected chi connectivity index (χ4v) is 8.91. The largest absolute Gasteiger partial charge is 0.391 e. The van der Waals surface area contributed by atoms with Crippen LogP contribution in [0.5, 0.6) is 0 Å². The predicted molar refractivity (Wildman–Crippen MR) is 224 cm³/mol. The molecular weight excluding hydrogens is 763 g/mol. The Labute approximate surface area is 333 Å². The Morgan fingerprint density at radius 3 is 1.61 bits per heavy atom. The fraction of sp³-hybridized carbons (Fsp3) is 0.310. The van der Waals surface area contributed by atoms with Crippen molar-refractivity contribution in [1.82, 2.24) is 14.3 Å². The monoisotopic (exact) mass is 809 g/mol. The van der Waals surface area contributed by atoms with Gasteiger partial charge in [0.15, 0.2) is 0 Å². The van der Waals surface area contributed by atoms with Crippen molar-refractivity contribution < 1.29 is 27.0 Å². The molecule has 0 radical (unpaired) electrons. The van der Waals surface area contributed by atoms with Gasteiger partial charge in [0.05, 0.1) is 82.1 Å². The van der Waals surface area contributed by atoms with Gasteiger partial charge in [-0.25, -0.2) is 16.8 Å². The van der Waals surface area contributed by atoms with Crippen molar-refractivity contribution in [3.05, 3.63) is 126 Å². The lowest BCUT2D eigenvalue weighted by molar-refractivity contribution is 0.0565. The molecule has 0 saturated carbocycles. The van der Waals surface area contributed by atoms with Crippen LogP contribution >= 0.6 is 0 Å². The van der Waals surface area contributed by atoms with Crippen LogP contribution < -0.4 is 9.44 Å². The summed E-state index contributed by atoms with van der Waals surface area (Å²) in [4.78, 5) is 0. The van der Waals surface area contributed by atoms with Gasteiger partial charge in [0.25, 0.3) is 0 Å². The number of hydrogen-bond acceptors (Lipinski definition) is 9. The van der Waals surface area contributed by atoms with E-state index in [-0.39, 0.29) is 0 Å². The molecule has 6 rings (SSSR count). The fourth-order valence-electron chi connectivity index (χ4n) is 7.76. The molecule has 13 nitrogen and oxygen atoms in total. The van der Waals surface area contributed by atoms with E-state index in [1.54, 1.807) is 66.3 Å². The molecule has 0 fully saturated rings. The Morgan fingerprint density at radius 2 is 1.18 bits per heavy atom. The standard InChI is InChI=1S/C22H25N3O3S.C20H22N4O3S/c1-4-21(26)22(5-2,17-11-9-16(15-23)10-12-17)25-14-13-18-19(24-29(3,27)28)7-6-8-20(18)25;1-4-20(14(2)25,16-10-8-15(12-21)9-11-16)24-19-7-5-6-18(17(19)13-22-24)23-28(3,26)27/h6-14,21,24,26H,4-5H2,1-3H3;5-11,13-14,23,25H,4H2,1-3H3.